The predicted molar refractivity (Wildman–Crippen MR) is 105 cm³/mol. The smallest absolute Gasteiger partial charge is 0.383 e. The van der Waals surface area contributed by atoms with E-state index in [0.29, 0.717) is 29.2 Å². The van der Waals surface area contributed by atoms with Crippen LogP contribution in [0.4, 0.5) is 13.2 Å². The number of hydrogen-bond acceptors (Lipinski definition) is 4. The highest BCUT2D eigenvalue weighted by Gasteiger charge is 2.30. The monoisotopic (exact) mass is 426 g/mol. The minimum absolute atomic E-state index is 0.0424. The topological polar surface area (TPSA) is 67.4 Å². The Morgan fingerprint density at radius 3 is 2.55 bits per heavy atom. The van der Waals surface area contributed by atoms with Gasteiger partial charge in [-0.3, -0.25) is 9.59 Å². The van der Waals surface area contributed by atoms with E-state index in [1.165, 1.54) is 31.0 Å². The number of carbonyl (C=O) groups is 2. The van der Waals surface area contributed by atoms with Crippen LogP contribution >= 0.6 is 11.8 Å². The minimum Gasteiger partial charge on any atom is -0.383 e. The normalized spacial score (nSPS) is 11.2. The number of benzene rings is 2. The van der Waals surface area contributed by atoms with Gasteiger partial charge in [0.15, 0.2) is 0 Å². The van der Waals surface area contributed by atoms with Gasteiger partial charge in [0.25, 0.3) is 5.91 Å². The second-order valence-corrected chi connectivity index (χ2v) is 7.03. The maximum atomic E-state index is 12.8. The summed E-state index contributed by atoms with van der Waals surface area (Å²) in [6.07, 6.45) is -4.44. The Balaban J connectivity index is 1.97. The first-order valence-electron chi connectivity index (χ1n) is 8.73. The van der Waals surface area contributed by atoms with Crippen LogP contribution in [-0.2, 0) is 22.3 Å². The van der Waals surface area contributed by atoms with Crippen LogP contribution in [0.2, 0.25) is 0 Å². The molecule has 0 bridgehead atoms. The Kier molecular flexibility index (Phi) is 8.53. The Labute approximate surface area is 171 Å². The summed E-state index contributed by atoms with van der Waals surface area (Å²) in [6, 6.07) is 11.5. The predicted octanol–water partition coefficient (Wildman–Crippen LogP) is 3.49. The number of amides is 2. The van der Waals surface area contributed by atoms with Crippen molar-refractivity contribution in [2.75, 3.05) is 26.0 Å². The van der Waals surface area contributed by atoms with Gasteiger partial charge in [0.2, 0.25) is 5.91 Å². The molecule has 0 unspecified atom stereocenters. The van der Waals surface area contributed by atoms with E-state index in [1.54, 1.807) is 24.3 Å². The summed E-state index contributed by atoms with van der Waals surface area (Å²) in [6.45, 7) is 0.763. The highest BCUT2D eigenvalue weighted by atomic mass is 32.2. The number of rotatable bonds is 9. The maximum absolute atomic E-state index is 12.8. The van der Waals surface area contributed by atoms with Crippen molar-refractivity contribution in [2.45, 2.75) is 17.6 Å². The average Bonchev–Trinajstić information content (AvgIpc) is 2.70. The van der Waals surface area contributed by atoms with Crippen molar-refractivity contribution >= 4 is 23.6 Å². The van der Waals surface area contributed by atoms with Gasteiger partial charge in [0.05, 0.1) is 23.5 Å². The molecule has 2 rings (SSSR count). The van der Waals surface area contributed by atoms with Gasteiger partial charge in [-0.05, 0) is 29.8 Å². The van der Waals surface area contributed by atoms with Crippen LogP contribution in [0.15, 0.2) is 53.4 Å². The second-order valence-electron chi connectivity index (χ2n) is 6.01. The number of halogens is 3. The highest BCUT2D eigenvalue weighted by Crippen LogP contribution is 2.29. The molecular formula is C20H21F3N2O3S. The molecule has 9 heteroatoms. The summed E-state index contributed by atoms with van der Waals surface area (Å²) < 4.78 is 43.3. The molecule has 0 aliphatic rings. The summed E-state index contributed by atoms with van der Waals surface area (Å²) in [5.74, 6) is -0.488. The van der Waals surface area contributed by atoms with E-state index in [4.69, 9.17) is 4.74 Å². The van der Waals surface area contributed by atoms with Crippen molar-refractivity contribution in [3.8, 4) is 0 Å². The third-order valence-electron chi connectivity index (χ3n) is 3.83. The molecule has 0 heterocycles. The number of ether oxygens (including phenoxy) is 1. The van der Waals surface area contributed by atoms with Crippen molar-refractivity contribution in [1.29, 1.82) is 0 Å². The molecule has 2 aromatic carbocycles. The first-order chi connectivity index (χ1) is 13.8. The summed E-state index contributed by atoms with van der Waals surface area (Å²) in [5, 5.41) is 5.32. The number of hydrogen-bond donors (Lipinski definition) is 2. The van der Waals surface area contributed by atoms with Gasteiger partial charge < -0.3 is 15.4 Å². The number of nitrogens with one attached hydrogen (secondary N) is 2. The van der Waals surface area contributed by atoms with E-state index >= 15 is 0 Å². The molecule has 0 fully saturated rings. The van der Waals surface area contributed by atoms with Crippen molar-refractivity contribution in [1.82, 2.24) is 10.6 Å². The fraction of sp³-hybridized carbons (Fsp3) is 0.300. The first-order valence-corrected chi connectivity index (χ1v) is 9.71. The SMILES string of the molecule is COCCNC(=O)CSc1ccccc1C(=O)NCc1cccc(C(F)(F)F)c1. The molecule has 0 radical (unpaired) electrons. The molecule has 5 nitrogen and oxygen atoms in total. The van der Waals surface area contributed by atoms with Crippen molar-refractivity contribution in [3.63, 3.8) is 0 Å². The van der Waals surface area contributed by atoms with Crippen molar-refractivity contribution < 1.29 is 27.5 Å². The number of carbonyl (C=O) groups excluding carboxylic acids is 2. The van der Waals surface area contributed by atoms with E-state index in [-0.39, 0.29) is 18.2 Å². The third kappa shape index (κ3) is 7.43. The lowest BCUT2D eigenvalue weighted by Crippen LogP contribution is -2.28. The summed E-state index contributed by atoms with van der Waals surface area (Å²) >= 11 is 1.21. The van der Waals surface area contributed by atoms with Gasteiger partial charge >= 0.3 is 6.18 Å². The molecule has 29 heavy (non-hydrogen) atoms. The lowest BCUT2D eigenvalue weighted by atomic mass is 10.1. The Hall–Kier alpha value is -2.52. The fourth-order valence-corrected chi connectivity index (χ4v) is 3.28. The van der Waals surface area contributed by atoms with Crippen LogP contribution in [0, 0.1) is 0 Å². The lowest BCUT2D eigenvalue weighted by Gasteiger charge is -2.12. The van der Waals surface area contributed by atoms with E-state index < -0.39 is 17.6 Å². The molecule has 0 aromatic heterocycles. The van der Waals surface area contributed by atoms with Gasteiger partial charge in [-0.15, -0.1) is 11.8 Å². The number of methoxy groups -OCH3 is 1. The quantitative estimate of drug-likeness (QED) is 0.476. The molecule has 0 saturated heterocycles. The van der Waals surface area contributed by atoms with Crippen molar-refractivity contribution in [2.24, 2.45) is 0 Å². The molecule has 0 atom stereocenters. The standard InChI is InChI=1S/C20H21F3N2O3S/c1-28-10-9-24-18(26)13-29-17-8-3-2-7-16(17)19(27)25-12-14-5-4-6-15(11-14)20(21,22)23/h2-8,11H,9-10,12-13H2,1H3,(H,24,26)(H,25,27). The Bertz CT molecular complexity index is 844. The van der Waals surface area contributed by atoms with Crippen LogP contribution in [0.25, 0.3) is 0 Å². The fourth-order valence-electron chi connectivity index (χ4n) is 2.40. The molecule has 0 saturated carbocycles. The van der Waals surface area contributed by atoms with Gasteiger partial charge in [-0.1, -0.05) is 24.3 Å². The zero-order valence-corrected chi connectivity index (χ0v) is 16.5. The lowest BCUT2D eigenvalue weighted by molar-refractivity contribution is -0.137. The van der Waals surface area contributed by atoms with Gasteiger partial charge in [0.1, 0.15) is 0 Å². The molecule has 2 amide bonds. The van der Waals surface area contributed by atoms with E-state index in [9.17, 15) is 22.8 Å². The molecule has 0 spiro atoms. The van der Waals surface area contributed by atoms with Crippen LogP contribution < -0.4 is 10.6 Å². The number of thioether (sulfide) groups is 1. The molecule has 2 aromatic rings. The minimum atomic E-state index is -4.44. The molecule has 0 aliphatic carbocycles. The summed E-state index contributed by atoms with van der Waals surface area (Å²) in [5.41, 5.74) is -0.0651. The van der Waals surface area contributed by atoms with E-state index in [1.807, 2.05) is 0 Å². The van der Waals surface area contributed by atoms with Crippen LogP contribution in [-0.4, -0.2) is 37.8 Å². The van der Waals surface area contributed by atoms with E-state index in [0.717, 1.165) is 12.1 Å². The summed E-state index contributed by atoms with van der Waals surface area (Å²) in [4.78, 5) is 24.9. The van der Waals surface area contributed by atoms with Gasteiger partial charge in [-0.25, -0.2) is 0 Å². The zero-order valence-electron chi connectivity index (χ0n) is 15.7. The van der Waals surface area contributed by atoms with Crippen molar-refractivity contribution in [3.05, 3.63) is 65.2 Å². The largest absolute Gasteiger partial charge is 0.416 e. The maximum Gasteiger partial charge on any atom is 0.416 e. The molecule has 2 N–H and O–H groups in total. The third-order valence-corrected chi connectivity index (χ3v) is 4.90. The first kappa shape index (κ1) is 22.8. The second kappa shape index (κ2) is 10.9. The van der Waals surface area contributed by atoms with Crippen LogP contribution in [0.3, 0.4) is 0 Å². The van der Waals surface area contributed by atoms with Gasteiger partial charge in [0, 0.05) is 25.1 Å². The Morgan fingerprint density at radius 1 is 1.07 bits per heavy atom. The van der Waals surface area contributed by atoms with Crippen LogP contribution in [0.1, 0.15) is 21.5 Å². The van der Waals surface area contributed by atoms with E-state index in [2.05, 4.69) is 10.6 Å². The van der Waals surface area contributed by atoms with Gasteiger partial charge in [-0.2, -0.15) is 13.2 Å². The molecular weight excluding hydrogens is 405 g/mol. The zero-order chi connectivity index (χ0) is 21.3. The Morgan fingerprint density at radius 2 is 1.83 bits per heavy atom. The average molecular weight is 426 g/mol. The molecule has 156 valence electrons. The summed E-state index contributed by atoms with van der Waals surface area (Å²) in [7, 11) is 1.54. The van der Waals surface area contributed by atoms with Crippen LogP contribution in [0.5, 0.6) is 0 Å². The molecule has 0 aliphatic heterocycles. The number of alkyl halides is 3. The highest BCUT2D eigenvalue weighted by molar-refractivity contribution is 8.00.